The van der Waals surface area contributed by atoms with E-state index in [1.807, 2.05) is 24.3 Å². The van der Waals surface area contributed by atoms with Gasteiger partial charge in [0.1, 0.15) is 0 Å². The quantitative estimate of drug-likeness (QED) is 0.381. The first kappa shape index (κ1) is 21.2. The number of hydrazone groups is 1. The molecule has 0 aliphatic heterocycles. The van der Waals surface area contributed by atoms with Crippen LogP contribution in [0.3, 0.4) is 0 Å². The van der Waals surface area contributed by atoms with Crippen LogP contribution in [0.15, 0.2) is 41.5 Å². The van der Waals surface area contributed by atoms with Crippen LogP contribution < -0.4 is 14.9 Å². The zero-order valence-corrected chi connectivity index (χ0v) is 18.5. The fourth-order valence-electron chi connectivity index (χ4n) is 2.54. The van der Waals surface area contributed by atoms with Crippen LogP contribution in [-0.4, -0.2) is 26.3 Å². The Balaban J connectivity index is 1.98. The first-order chi connectivity index (χ1) is 12.7. The first-order valence-electron chi connectivity index (χ1n) is 8.57. The lowest BCUT2D eigenvalue weighted by atomic mass is 9.86. The Morgan fingerprint density at radius 2 is 1.81 bits per heavy atom. The molecule has 0 aliphatic carbocycles. The molecule has 0 saturated heterocycles. The highest BCUT2D eigenvalue weighted by Gasteiger charge is 2.13. The van der Waals surface area contributed by atoms with Crippen LogP contribution in [0.4, 0.5) is 0 Å². The van der Waals surface area contributed by atoms with Gasteiger partial charge in [0.15, 0.2) is 11.5 Å². The molecular formula is C21H25IN2O3. The van der Waals surface area contributed by atoms with Gasteiger partial charge in [0.05, 0.1) is 30.4 Å². The van der Waals surface area contributed by atoms with E-state index in [0.717, 1.165) is 14.7 Å². The lowest BCUT2D eigenvalue weighted by Crippen LogP contribution is -2.20. The van der Waals surface area contributed by atoms with E-state index in [9.17, 15) is 4.79 Å². The lowest BCUT2D eigenvalue weighted by Gasteiger charge is -2.19. The molecule has 0 radical (unpaired) electrons. The van der Waals surface area contributed by atoms with Gasteiger partial charge in [-0.05, 0) is 56.8 Å². The van der Waals surface area contributed by atoms with E-state index >= 15 is 0 Å². The summed E-state index contributed by atoms with van der Waals surface area (Å²) < 4.78 is 11.5. The van der Waals surface area contributed by atoms with Crippen LogP contribution in [0.2, 0.25) is 0 Å². The molecule has 0 aliphatic rings. The van der Waals surface area contributed by atoms with Gasteiger partial charge in [-0.15, -0.1) is 0 Å². The molecule has 5 nitrogen and oxygen atoms in total. The summed E-state index contributed by atoms with van der Waals surface area (Å²) in [4.78, 5) is 12.1. The maximum absolute atomic E-state index is 12.1. The van der Waals surface area contributed by atoms with Gasteiger partial charge in [-0.3, -0.25) is 4.79 Å². The molecule has 2 rings (SSSR count). The molecule has 0 bridgehead atoms. The number of benzene rings is 2. The molecule has 0 atom stereocenters. The predicted molar refractivity (Wildman–Crippen MR) is 117 cm³/mol. The predicted octanol–water partition coefficient (Wildman–Crippen LogP) is 4.30. The third kappa shape index (κ3) is 5.95. The van der Waals surface area contributed by atoms with Crippen molar-refractivity contribution in [3.05, 3.63) is 56.7 Å². The number of hydrogen-bond donors (Lipinski definition) is 1. The van der Waals surface area contributed by atoms with E-state index in [4.69, 9.17) is 9.47 Å². The van der Waals surface area contributed by atoms with Gasteiger partial charge < -0.3 is 9.47 Å². The molecule has 0 heterocycles. The van der Waals surface area contributed by atoms with E-state index < -0.39 is 0 Å². The van der Waals surface area contributed by atoms with Crippen LogP contribution in [0, 0.1) is 3.57 Å². The van der Waals surface area contributed by atoms with Gasteiger partial charge in [0.25, 0.3) is 0 Å². The topological polar surface area (TPSA) is 59.9 Å². The zero-order valence-electron chi connectivity index (χ0n) is 16.3. The van der Waals surface area contributed by atoms with Gasteiger partial charge in [-0.1, -0.05) is 45.0 Å². The summed E-state index contributed by atoms with van der Waals surface area (Å²) in [6.45, 7) is 6.50. The van der Waals surface area contributed by atoms with Crippen LogP contribution in [-0.2, 0) is 16.6 Å². The van der Waals surface area contributed by atoms with Crippen molar-refractivity contribution in [2.75, 3.05) is 14.2 Å². The summed E-state index contributed by atoms with van der Waals surface area (Å²) in [6, 6.07) is 11.8. The molecule has 0 spiro atoms. The smallest absolute Gasteiger partial charge is 0.244 e. The van der Waals surface area contributed by atoms with Gasteiger partial charge in [-0.2, -0.15) is 5.10 Å². The van der Waals surface area contributed by atoms with Gasteiger partial charge in [0.2, 0.25) is 5.91 Å². The number of carbonyl (C=O) groups is 1. The first-order valence-corrected chi connectivity index (χ1v) is 9.65. The second-order valence-corrected chi connectivity index (χ2v) is 8.32. The summed E-state index contributed by atoms with van der Waals surface area (Å²) in [5, 5.41) is 4.04. The Labute approximate surface area is 174 Å². The van der Waals surface area contributed by atoms with Crippen molar-refractivity contribution in [1.82, 2.24) is 5.43 Å². The molecule has 0 saturated carbocycles. The molecule has 144 valence electrons. The summed E-state index contributed by atoms with van der Waals surface area (Å²) >= 11 is 2.17. The summed E-state index contributed by atoms with van der Waals surface area (Å²) in [7, 11) is 3.18. The van der Waals surface area contributed by atoms with Crippen LogP contribution in [0.1, 0.15) is 37.5 Å². The number of rotatable bonds is 6. The fourth-order valence-corrected chi connectivity index (χ4v) is 3.38. The summed E-state index contributed by atoms with van der Waals surface area (Å²) in [6.07, 6.45) is 1.87. The van der Waals surface area contributed by atoms with Crippen molar-refractivity contribution < 1.29 is 14.3 Å². The number of nitrogens with one attached hydrogen (secondary N) is 1. The number of ether oxygens (including phenoxy) is 2. The number of carbonyl (C=O) groups excluding carboxylic acids is 1. The Bertz CT molecular complexity index is 825. The average Bonchev–Trinajstić information content (AvgIpc) is 2.60. The molecule has 0 unspecified atom stereocenters. The Kier molecular flexibility index (Phi) is 7.24. The fraction of sp³-hybridized carbons (Fsp3) is 0.333. The minimum absolute atomic E-state index is 0.0992. The van der Waals surface area contributed by atoms with E-state index in [2.05, 4.69) is 66.0 Å². The zero-order chi connectivity index (χ0) is 20.0. The molecule has 1 N–H and O–H groups in total. The number of methoxy groups -OCH3 is 2. The lowest BCUT2D eigenvalue weighted by molar-refractivity contribution is -0.120. The van der Waals surface area contributed by atoms with Gasteiger partial charge >= 0.3 is 0 Å². The summed E-state index contributed by atoms with van der Waals surface area (Å²) in [5.74, 6) is 1.14. The van der Waals surface area contributed by atoms with Gasteiger partial charge in [-0.25, -0.2) is 5.43 Å². The Morgan fingerprint density at radius 1 is 1.15 bits per heavy atom. The van der Waals surface area contributed by atoms with E-state index in [1.165, 1.54) is 5.56 Å². The molecule has 6 heteroatoms. The van der Waals surface area contributed by atoms with E-state index in [1.54, 1.807) is 20.4 Å². The third-order valence-corrected chi connectivity index (χ3v) is 4.84. The monoisotopic (exact) mass is 480 g/mol. The average molecular weight is 480 g/mol. The molecule has 2 aromatic carbocycles. The highest BCUT2D eigenvalue weighted by molar-refractivity contribution is 14.1. The molecule has 2 aromatic rings. The number of nitrogens with zero attached hydrogens (tertiary/aromatic N) is 1. The molecule has 0 aromatic heterocycles. The Hall–Kier alpha value is -2.09. The van der Waals surface area contributed by atoms with E-state index in [-0.39, 0.29) is 17.7 Å². The second kappa shape index (κ2) is 9.21. The Morgan fingerprint density at radius 3 is 2.37 bits per heavy atom. The minimum atomic E-state index is -0.162. The van der Waals surface area contributed by atoms with Crippen molar-refractivity contribution >= 4 is 34.7 Å². The third-order valence-electron chi connectivity index (χ3n) is 4.04. The van der Waals surface area contributed by atoms with Crippen molar-refractivity contribution in [2.24, 2.45) is 5.10 Å². The highest BCUT2D eigenvalue weighted by atomic mass is 127. The number of hydrogen-bond acceptors (Lipinski definition) is 4. The maximum Gasteiger partial charge on any atom is 0.244 e. The second-order valence-electron chi connectivity index (χ2n) is 7.16. The van der Waals surface area contributed by atoms with Crippen LogP contribution in [0.25, 0.3) is 0 Å². The highest BCUT2D eigenvalue weighted by Crippen LogP contribution is 2.33. The number of halogens is 1. The molecule has 0 fully saturated rings. The maximum atomic E-state index is 12.1. The van der Waals surface area contributed by atoms with Crippen molar-refractivity contribution in [3.63, 3.8) is 0 Å². The van der Waals surface area contributed by atoms with Crippen LogP contribution in [0.5, 0.6) is 11.5 Å². The van der Waals surface area contributed by atoms with Crippen molar-refractivity contribution in [1.29, 1.82) is 0 Å². The molecular weight excluding hydrogens is 455 g/mol. The number of amides is 1. The van der Waals surface area contributed by atoms with Crippen LogP contribution >= 0.6 is 22.6 Å². The van der Waals surface area contributed by atoms with Crippen molar-refractivity contribution in [2.45, 2.75) is 32.6 Å². The minimum Gasteiger partial charge on any atom is -0.493 e. The van der Waals surface area contributed by atoms with Crippen molar-refractivity contribution in [3.8, 4) is 11.5 Å². The summed E-state index contributed by atoms with van der Waals surface area (Å²) in [5.41, 5.74) is 5.68. The molecule has 1 amide bonds. The SMILES string of the molecule is COc1cc(/C=N\NC(=O)Cc2ccc(C(C)(C)C)cc2)cc(I)c1OC. The largest absolute Gasteiger partial charge is 0.493 e. The van der Waals surface area contributed by atoms with E-state index in [0.29, 0.717) is 11.5 Å². The molecule has 27 heavy (non-hydrogen) atoms. The standard InChI is InChI=1S/C21H25IN2O3/c1-21(2,3)16-8-6-14(7-9-16)12-19(25)24-23-13-15-10-17(22)20(27-5)18(11-15)26-4/h6-11,13H,12H2,1-5H3,(H,24,25)/b23-13-. The van der Waals surface area contributed by atoms with Gasteiger partial charge in [0, 0.05) is 0 Å². The normalized spacial score (nSPS) is 11.5.